The van der Waals surface area contributed by atoms with Crippen LogP contribution in [-0.4, -0.2) is 37.0 Å². The standard InChI is InChI=1S/C8H15N3.ClH/c1-2-6-11-7-3-5-10-8(11)9-4-1;/h1-7H2,(H,9,10);1H. The van der Waals surface area contributed by atoms with Gasteiger partial charge in [0.05, 0.1) is 0 Å². The topological polar surface area (TPSA) is 27.6 Å². The van der Waals surface area contributed by atoms with Crippen molar-refractivity contribution in [2.24, 2.45) is 4.99 Å². The Morgan fingerprint density at radius 3 is 2.92 bits per heavy atom. The molecule has 2 rings (SSSR count). The molecule has 3 nitrogen and oxygen atoms in total. The summed E-state index contributed by atoms with van der Waals surface area (Å²) < 4.78 is 0. The minimum atomic E-state index is 0. The predicted octanol–water partition coefficient (Wildman–Crippen LogP) is 0.853. The number of aliphatic imine (C=N–C) groups is 1. The molecular weight excluding hydrogens is 174 g/mol. The monoisotopic (exact) mass is 189 g/mol. The minimum absolute atomic E-state index is 0. The largest absolute Gasteiger partial charge is 0.356 e. The maximum atomic E-state index is 4.44. The Morgan fingerprint density at radius 1 is 1.17 bits per heavy atom. The summed E-state index contributed by atoms with van der Waals surface area (Å²) in [5, 5.41) is 3.36. The highest BCUT2D eigenvalue weighted by Gasteiger charge is 2.16. The van der Waals surface area contributed by atoms with Gasteiger partial charge in [-0.3, -0.25) is 4.99 Å². The van der Waals surface area contributed by atoms with E-state index in [1.165, 1.54) is 32.4 Å². The summed E-state index contributed by atoms with van der Waals surface area (Å²) in [6.45, 7) is 4.52. The highest BCUT2D eigenvalue weighted by molar-refractivity contribution is 5.85. The first-order valence-corrected chi connectivity index (χ1v) is 4.50. The Hall–Kier alpha value is -0.440. The summed E-state index contributed by atoms with van der Waals surface area (Å²) in [6, 6.07) is 0. The molecule has 2 heterocycles. The molecule has 0 radical (unpaired) electrons. The van der Waals surface area contributed by atoms with E-state index in [1.54, 1.807) is 0 Å². The molecule has 1 fully saturated rings. The summed E-state index contributed by atoms with van der Waals surface area (Å²) in [7, 11) is 0. The van der Waals surface area contributed by atoms with Crippen LogP contribution in [0.25, 0.3) is 0 Å². The fourth-order valence-corrected chi connectivity index (χ4v) is 1.67. The minimum Gasteiger partial charge on any atom is -0.356 e. The quantitative estimate of drug-likeness (QED) is 0.612. The van der Waals surface area contributed by atoms with Gasteiger partial charge in [0.2, 0.25) is 0 Å². The van der Waals surface area contributed by atoms with Crippen molar-refractivity contribution >= 4 is 18.4 Å². The number of nitrogens with zero attached hydrogens (tertiary/aromatic N) is 2. The molecule has 0 saturated carbocycles. The lowest BCUT2D eigenvalue weighted by atomic mass is 10.3. The molecule has 0 atom stereocenters. The van der Waals surface area contributed by atoms with Crippen LogP contribution in [0, 0.1) is 0 Å². The van der Waals surface area contributed by atoms with Crippen molar-refractivity contribution in [1.82, 2.24) is 10.2 Å². The molecule has 2 aliphatic rings. The molecular formula is C8H16ClN3. The van der Waals surface area contributed by atoms with Gasteiger partial charge in [0, 0.05) is 26.2 Å². The number of nitrogens with one attached hydrogen (secondary N) is 1. The molecule has 0 unspecified atom stereocenters. The van der Waals surface area contributed by atoms with Gasteiger partial charge in [-0.2, -0.15) is 0 Å². The molecule has 70 valence electrons. The SMILES string of the molecule is C1CCN2CCCN=C2NC1.Cl. The Morgan fingerprint density at radius 2 is 2.00 bits per heavy atom. The van der Waals surface area contributed by atoms with Gasteiger partial charge in [-0.15, -0.1) is 12.4 Å². The Balaban J connectivity index is 0.000000720. The molecule has 0 aromatic carbocycles. The van der Waals surface area contributed by atoms with E-state index in [0.29, 0.717) is 0 Å². The molecule has 0 aromatic rings. The molecule has 0 aromatic heterocycles. The first kappa shape index (κ1) is 9.65. The Labute approximate surface area is 79.6 Å². The van der Waals surface area contributed by atoms with Crippen molar-refractivity contribution < 1.29 is 0 Å². The summed E-state index contributed by atoms with van der Waals surface area (Å²) in [6.07, 6.45) is 3.83. The molecule has 0 spiro atoms. The van der Waals surface area contributed by atoms with Crippen LogP contribution in [0.3, 0.4) is 0 Å². The number of rotatable bonds is 0. The molecule has 0 bridgehead atoms. The fourth-order valence-electron chi connectivity index (χ4n) is 1.67. The molecule has 2 aliphatic heterocycles. The van der Waals surface area contributed by atoms with E-state index in [9.17, 15) is 0 Å². The second-order valence-corrected chi connectivity index (χ2v) is 3.18. The van der Waals surface area contributed by atoms with Gasteiger partial charge in [0.1, 0.15) is 0 Å². The van der Waals surface area contributed by atoms with Crippen LogP contribution in [0.1, 0.15) is 19.3 Å². The van der Waals surface area contributed by atoms with E-state index in [4.69, 9.17) is 0 Å². The average molecular weight is 190 g/mol. The van der Waals surface area contributed by atoms with Gasteiger partial charge in [-0.1, -0.05) is 0 Å². The number of fused-ring (bicyclic) bond motifs is 1. The maximum absolute atomic E-state index is 4.44. The zero-order chi connectivity index (χ0) is 7.52. The maximum Gasteiger partial charge on any atom is 0.193 e. The van der Waals surface area contributed by atoms with Crippen LogP contribution in [0.4, 0.5) is 0 Å². The lowest BCUT2D eigenvalue weighted by molar-refractivity contribution is 0.388. The normalized spacial score (nSPS) is 22.7. The molecule has 0 amide bonds. The third-order valence-electron chi connectivity index (χ3n) is 2.29. The van der Waals surface area contributed by atoms with Crippen molar-refractivity contribution in [3.63, 3.8) is 0 Å². The van der Waals surface area contributed by atoms with Crippen molar-refractivity contribution in [2.75, 3.05) is 26.2 Å². The number of halogens is 1. The van der Waals surface area contributed by atoms with Gasteiger partial charge in [-0.05, 0) is 19.3 Å². The van der Waals surface area contributed by atoms with Gasteiger partial charge in [0.15, 0.2) is 5.96 Å². The lowest BCUT2D eigenvalue weighted by Crippen LogP contribution is -2.43. The van der Waals surface area contributed by atoms with Gasteiger partial charge < -0.3 is 10.2 Å². The van der Waals surface area contributed by atoms with Crippen molar-refractivity contribution in [3.05, 3.63) is 0 Å². The van der Waals surface area contributed by atoms with Crippen LogP contribution in [0.2, 0.25) is 0 Å². The third-order valence-corrected chi connectivity index (χ3v) is 2.29. The highest BCUT2D eigenvalue weighted by atomic mass is 35.5. The third kappa shape index (κ3) is 2.03. The van der Waals surface area contributed by atoms with Gasteiger partial charge in [0.25, 0.3) is 0 Å². The summed E-state index contributed by atoms with van der Waals surface area (Å²) in [5.41, 5.74) is 0. The molecule has 1 N–H and O–H groups in total. The lowest BCUT2D eigenvalue weighted by Gasteiger charge is -2.27. The second-order valence-electron chi connectivity index (χ2n) is 3.18. The van der Waals surface area contributed by atoms with Crippen LogP contribution < -0.4 is 5.32 Å². The average Bonchev–Trinajstić information content (AvgIpc) is 2.28. The Bertz CT molecular complexity index is 170. The van der Waals surface area contributed by atoms with Crippen molar-refractivity contribution in [3.8, 4) is 0 Å². The van der Waals surface area contributed by atoms with Crippen LogP contribution >= 0.6 is 12.4 Å². The Kier molecular flexibility index (Phi) is 3.66. The van der Waals surface area contributed by atoms with Crippen molar-refractivity contribution in [2.45, 2.75) is 19.3 Å². The number of hydrogen-bond donors (Lipinski definition) is 1. The summed E-state index contributed by atoms with van der Waals surface area (Å²) in [5.74, 6) is 1.15. The smallest absolute Gasteiger partial charge is 0.193 e. The molecule has 12 heavy (non-hydrogen) atoms. The van der Waals surface area contributed by atoms with Crippen molar-refractivity contribution in [1.29, 1.82) is 0 Å². The highest BCUT2D eigenvalue weighted by Crippen LogP contribution is 2.06. The predicted molar refractivity (Wildman–Crippen MR) is 53.0 cm³/mol. The van der Waals surface area contributed by atoms with Gasteiger partial charge >= 0.3 is 0 Å². The first-order chi connectivity index (χ1) is 5.47. The van der Waals surface area contributed by atoms with E-state index in [1.807, 2.05) is 0 Å². The van der Waals surface area contributed by atoms with E-state index < -0.39 is 0 Å². The van der Waals surface area contributed by atoms with E-state index >= 15 is 0 Å². The van der Waals surface area contributed by atoms with E-state index in [-0.39, 0.29) is 12.4 Å². The fraction of sp³-hybridized carbons (Fsp3) is 0.875. The van der Waals surface area contributed by atoms with Gasteiger partial charge in [-0.25, -0.2) is 0 Å². The molecule has 4 heteroatoms. The van der Waals surface area contributed by atoms with E-state index in [0.717, 1.165) is 19.0 Å². The molecule has 0 aliphatic carbocycles. The van der Waals surface area contributed by atoms with E-state index in [2.05, 4.69) is 15.2 Å². The second kappa shape index (κ2) is 4.55. The van der Waals surface area contributed by atoms with Crippen LogP contribution in [0.5, 0.6) is 0 Å². The summed E-state index contributed by atoms with van der Waals surface area (Å²) >= 11 is 0. The number of hydrogen-bond acceptors (Lipinski definition) is 3. The van der Waals surface area contributed by atoms with Crippen LogP contribution in [-0.2, 0) is 0 Å². The summed E-state index contributed by atoms with van der Waals surface area (Å²) in [4.78, 5) is 6.81. The zero-order valence-corrected chi connectivity index (χ0v) is 8.07. The first-order valence-electron chi connectivity index (χ1n) is 4.50. The number of guanidine groups is 1. The van der Waals surface area contributed by atoms with Crippen LogP contribution in [0.15, 0.2) is 4.99 Å². The zero-order valence-electron chi connectivity index (χ0n) is 7.25. The molecule has 1 saturated heterocycles.